The predicted molar refractivity (Wildman–Crippen MR) is 96.8 cm³/mol. The van der Waals surface area contributed by atoms with Crippen LogP contribution in [0.3, 0.4) is 0 Å². The van der Waals surface area contributed by atoms with E-state index in [0.717, 1.165) is 11.4 Å². The lowest BCUT2D eigenvalue weighted by Crippen LogP contribution is -2.18. The second-order valence-corrected chi connectivity index (χ2v) is 5.54. The summed E-state index contributed by atoms with van der Waals surface area (Å²) >= 11 is 0. The number of hydrogen-bond acceptors (Lipinski definition) is 5. The van der Waals surface area contributed by atoms with Crippen molar-refractivity contribution in [1.29, 1.82) is 0 Å². The highest BCUT2D eigenvalue weighted by molar-refractivity contribution is 5.91. The van der Waals surface area contributed by atoms with Crippen molar-refractivity contribution in [3.8, 4) is 17.2 Å². The lowest BCUT2D eigenvalue weighted by Gasteiger charge is -2.19. The van der Waals surface area contributed by atoms with Gasteiger partial charge >= 0.3 is 0 Å². The van der Waals surface area contributed by atoms with Crippen LogP contribution in [0, 0.1) is 0 Å². The lowest BCUT2D eigenvalue weighted by atomic mass is 10.2. The van der Waals surface area contributed by atoms with E-state index in [-0.39, 0.29) is 5.91 Å². The van der Waals surface area contributed by atoms with Gasteiger partial charge < -0.3 is 24.8 Å². The van der Waals surface area contributed by atoms with Crippen molar-refractivity contribution < 1.29 is 19.0 Å². The number of anilines is 2. The van der Waals surface area contributed by atoms with Crippen molar-refractivity contribution in [2.24, 2.45) is 0 Å². The Hall–Kier alpha value is -2.89. The number of hydrogen-bond donors (Lipinski definition) is 2. The van der Waals surface area contributed by atoms with E-state index < -0.39 is 0 Å². The number of carbonyl (C=O) groups excluding carboxylic acids is 1. The Labute approximate surface area is 147 Å². The molecule has 0 spiro atoms. The number of carbonyl (C=O) groups is 1. The molecule has 0 saturated heterocycles. The van der Waals surface area contributed by atoms with Gasteiger partial charge in [-0.15, -0.1) is 0 Å². The van der Waals surface area contributed by atoms with E-state index in [0.29, 0.717) is 50.0 Å². The second-order valence-electron chi connectivity index (χ2n) is 5.54. The zero-order chi connectivity index (χ0) is 17.5. The lowest BCUT2D eigenvalue weighted by molar-refractivity contribution is -0.115. The molecule has 2 aromatic rings. The van der Waals surface area contributed by atoms with Gasteiger partial charge in [0.1, 0.15) is 19.0 Å². The molecule has 1 aliphatic heterocycles. The first kappa shape index (κ1) is 17.0. The average molecular weight is 342 g/mol. The van der Waals surface area contributed by atoms with E-state index in [9.17, 15) is 4.79 Å². The van der Waals surface area contributed by atoms with Crippen molar-refractivity contribution in [1.82, 2.24) is 0 Å². The first-order chi connectivity index (χ1) is 12.2. The molecule has 6 heteroatoms. The van der Waals surface area contributed by atoms with Crippen LogP contribution in [0.4, 0.5) is 11.4 Å². The van der Waals surface area contributed by atoms with Gasteiger partial charge in [-0.2, -0.15) is 0 Å². The number of nitrogens with one attached hydrogen (secondary N) is 2. The fourth-order valence-corrected chi connectivity index (χ4v) is 2.50. The highest BCUT2D eigenvalue weighted by Crippen LogP contribution is 2.32. The Kier molecular flexibility index (Phi) is 5.61. The van der Waals surface area contributed by atoms with Gasteiger partial charge in [0.25, 0.3) is 0 Å². The van der Waals surface area contributed by atoms with Gasteiger partial charge in [0.2, 0.25) is 5.91 Å². The summed E-state index contributed by atoms with van der Waals surface area (Å²) in [6, 6.07) is 13.1. The molecule has 2 aromatic carbocycles. The van der Waals surface area contributed by atoms with Crippen LogP contribution in [0.15, 0.2) is 42.5 Å². The number of fused-ring (bicyclic) bond motifs is 1. The van der Waals surface area contributed by atoms with Crippen molar-refractivity contribution in [2.75, 3.05) is 37.0 Å². The summed E-state index contributed by atoms with van der Waals surface area (Å²) in [7, 11) is 0. The third-order valence-electron chi connectivity index (χ3n) is 3.67. The van der Waals surface area contributed by atoms with Crippen LogP contribution in [0.1, 0.15) is 13.3 Å². The molecule has 6 nitrogen and oxygen atoms in total. The number of benzene rings is 2. The molecule has 0 saturated carbocycles. The monoisotopic (exact) mass is 342 g/mol. The van der Waals surface area contributed by atoms with Crippen LogP contribution < -0.4 is 24.8 Å². The number of ether oxygens (including phenoxy) is 3. The van der Waals surface area contributed by atoms with E-state index in [4.69, 9.17) is 14.2 Å². The SMILES string of the molecule is CCOc1ccc(NCCC(=O)Nc2ccc3c(c2)OCCO3)cc1. The maximum atomic E-state index is 12.1. The summed E-state index contributed by atoms with van der Waals surface area (Å²) in [4.78, 5) is 12.1. The van der Waals surface area contributed by atoms with Gasteiger partial charge in [0, 0.05) is 30.4 Å². The minimum atomic E-state index is -0.0601. The molecule has 2 N–H and O–H groups in total. The van der Waals surface area contributed by atoms with Crippen LogP contribution in [0.25, 0.3) is 0 Å². The largest absolute Gasteiger partial charge is 0.494 e. The summed E-state index contributed by atoms with van der Waals surface area (Å²) in [6.45, 7) is 4.22. The van der Waals surface area contributed by atoms with Crippen LogP contribution in [-0.2, 0) is 4.79 Å². The summed E-state index contributed by atoms with van der Waals surface area (Å²) < 4.78 is 16.4. The predicted octanol–water partition coefficient (Wildman–Crippen LogP) is 3.30. The van der Waals surface area contributed by atoms with Gasteiger partial charge in [-0.3, -0.25) is 4.79 Å². The molecule has 25 heavy (non-hydrogen) atoms. The first-order valence-corrected chi connectivity index (χ1v) is 8.41. The fraction of sp³-hybridized carbons (Fsp3) is 0.316. The molecule has 0 aliphatic carbocycles. The Balaban J connectivity index is 1.45. The quantitative estimate of drug-likeness (QED) is 0.808. The number of rotatable bonds is 7. The third kappa shape index (κ3) is 4.79. The molecule has 1 amide bonds. The smallest absolute Gasteiger partial charge is 0.226 e. The van der Waals surface area contributed by atoms with Gasteiger partial charge in [0.15, 0.2) is 11.5 Å². The third-order valence-corrected chi connectivity index (χ3v) is 3.67. The average Bonchev–Trinajstić information content (AvgIpc) is 2.63. The van der Waals surface area contributed by atoms with Crippen molar-refractivity contribution >= 4 is 17.3 Å². The molecule has 0 atom stereocenters. The molecule has 0 fully saturated rings. The fourth-order valence-electron chi connectivity index (χ4n) is 2.50. The Morgan fingerprint density at radius 2 is 1.76 bits per heavy atom. The number of amides is 1. The van der Waals surface area contributed by atoms with E-state index in [1.807, 2.05) is 43.3 Å². The maximum absolute atomic E-state index is 12.1. The van der Waals surface area contributed by atoms with Crippen molar-refractivity contribution in [3.63, 3.8) is 0 Å². The van der Waals surface area contributed by atoms with E-state index in [2.05, 4.69) is 10.6 Å². The normalized spacial score (nSPS) is 12.4. The molecule has 132 valence electrons. The van der Waals surface area contributed by atoms with Gasteiger partial charge in [-0.25, -0.2) is 0 Å². The molecule has 0 bridgehead atoms. The maximum Gasteiger partial charge on any atom is 0.226 e. The Bertz CT molecular complexity index is 716. The summed E-state index contributed by atoms with van der Waals surface area (Å²) in [5.41, 5.74) is 1.66. The molecule has 0 unspecified atom stereocenters. The van der Waals surface area contributed by atoms with Gasteiger partial charge in [-0.05, 0) is 43.3 Å². The topological polar surface area (TPSA) is 68.8 Å². The molecule has 3 rings (SSSR count). The molecule has 1 heterocycles. The van der Waals surface area contributed by atoms with Crippen LogP contribution in [0.2, 0.25) is 0 Å². The van der Waals surface area contributed by atoms with Gasteiger partial charge in [0.05, 0.1) is 6.61 Å². The van der Waals surface area contributed by atoms with Crippen LogP contribution in [-0.4, -0.2) is 32.3 Å². The van der Waals surface area contributed by atoms with E-state index in [1.165, 1.54) is 0 Å². The van der Waals surface area contributed by atoms with Crippen LogP contribution >= 0.6 is 0 Å². The minimum absolute atomic E-state index is 0.0601. The zero-order valence-corrected chi connectivity index (χ0v) is 14.2. The molecular formula is C19H22N2O4. The second kappa shape index (κ2) is 8.28. The first-order valence-electron chi connectivity index (χ1n) is 8.41. The molecule has 0 aromatic heterocycles. The molecule has 1 aliphatic rings. The summed E-state index contributed by atoms with van der Waals surface area (Å²) in [5, 5.41) is 6.09. The van der Waals surface area contributed by atoms with Crippen molar-refractivity contribution in [3.05, 3.63) is 42.5 Å². The molecule has 0 radical (unpaired) electrons. The standard InChI is InChI=1S/C19H22N2O4/c1-2-23-16-6-3-14(4-7-16)20-10-9-19(22)21-15-5-8-17-18(13-15)25-12-11-24-17/h3-8,13,20H,2,9-12H2,1H3,(H,21,22). The highest BCUT2D eigenvalue weighted by atomic mass is 16.6. The Morgan fingerprint density at radius 3 is 2.52 bits per heavy atom. The van der Waals surface area contributed by atoms with E-state index >= 15 is 0 Å². The van der Waals surface area contributed by atoms with Crippen molar-refractivity contribution in [2.45, 2.75) is 13.3 Å². The van der Waals surface area contributed by atoms with Gasteiger partial charge in [-0.1, -0.05) is 0 Å². The summed E-state index contributed by atoms with van der Waals surface area (Å²) in [5.74, 6) is 2.15. The minimum Gasteiger partial charge on any atom is -0.494 e. The Morgan fingerprint density at radius 1 is 1.04 bits per heavy atom. The van der Waals surface area contributed by atoms with Crippen LogP contribution in [0.5, 0.6) is 17.2 Å². The summed E-state index contributed by atoms with van der Waals surface area (Å²) in [6.07, 6.45) is 0.363. The van der Waals surface area contributed by atoms with E-state index in [1.54, 1.807) is 6.07 Å². The highest BCUT2D eigenvalue weighted by Gasteiger charge is 2.12. The zero-order valence-electron chi connectivity index (χ0n) is 14.2. The molecular weight excluding hydrogens is 320 g/mol.